The van der Waals surface area contributed by atoms with Gasteiger partial charge in [-0.15, -0.1) is 23.4 Å². The first-order valence-electron chi connectivity index (χ1n) is 11.3. The number of carbonyl (C=O) groups excluding carboxylic acids is 1. The summed E-state index contributed by atoms with van der Waals surface area (Å²) in [6, 6.07) is 6.37. The molecule has 3 aliphatic rings. The predicted octanol–water partition coefficient (Wildman–Crippen LogP) is 3.51. The van der Waals surface area contributed by atoms with Crippen LogP contribution in [0.15, 0.2) is 23.1 Å². The first-order chi connectivity index (χ1) is 15.7. The van der Waals surface area contributed by atoms with Gasteiger partial charge in [0.2, 0.25) is 0 Å². The first-order valence-corrected chi connectivity index (χ1v) is 12.8. The molecule has 7 nitrogen and oxygen atoms in total. The van der Waals surface area contributed by atoms with Crippen LogP contribution in [0.2, 0.25) is 0 Å². The number of carbonyl (C=O) groups is 1. The minimum absolute atomic E-state index is 0.0173. The van der Waals surface area contributed by atoms with Crippen molar-refractivity contribution >= 4 is 29.3 Å². The second-order valence-electron chi connectivity index (χ2n) is 8.44. The second kappa shape index (κ2) is 9.63. The van der Waals surface area contributed by atoms with E-state index in [0.717, 1.165) is 59.9 Å². The number of halogens is 1. The van der Waals surface area contributed by atoms with E-state index in [1.165, 1.54) is 0 Å². The molecule has 0 bridgehead atoms. The van der Waals surface area contributed by atoms with E-state index in [1.54, 1.807) is 18.9 Å². The number of hydrogen-bond donors (Lipinski definition) is 0. The Balaban J connectivity index is 1.59. The Morgan fingerprint density at radius 3 is 2.94 bits per heavy atom. The lowest BCUT2D eigenvalue weighted by atomic mass is 10.0. The number of rotatable bonds is 5. The summed E-state index contributed by atoms with van der Waals surface area (Å²) < 4.78 is 13.2. The number of hydrogen-bond acceptors (Lipinski definition) is 6. The zero-order valence-corrected chi connectivity index (χ0v) is 20.0. The maximum atomic E-state index is 13.5. The summed E-state index contributed by atoms with van der Waals surface area (Å²) in [5, 5.41) is 5.01. The molecule has 1 amide bonds. The van der Waals surface area contributed by atoms with Crippen LogP contribution < -0.4 is 4.74 Å². The van der Waals surface area contributed by atoms with Crippen molar-refractivity contribution in [2.45, 2.75) is 29.5 Å². The molecule has 172 valence electrons. The van der Waals surface area contributed by atoms with Crippen molar-refractivity contribution in [3.8, 4) is 17.0 Å². The summed E-state index contributed by atoms with van der Waals surface area (Å²) in [5.41, 5.74) is 3.82. The van der Waals surface area contributed by atoms with E-state index in [4.69, 9.17) is 26.2 Å². The molecule has 0 spiro atoms. The van der Waals surface area contributed by atoms with Gasteiger partial charge in [-0.1, -0.05) is 12.1 Å². The first kappa shape index (κ1) is 22.1. The van der Waals surface area contributed by atoms with Crippen molar-refractivity contribution in [1.82, 2.24) is 19.6 Å². The molecule has 1 aromatic carbocycles. The van der Waals surface area contributed by atoms with Crippen LogP contribution in [0.5, 0.6) is 5.75 Å². The van der Waals surface area contributed by atoms with Gasteiger partial charge in [0.1, 0.15) is 5.75 Å². The number of alkyl halides is 1. The molecule has 0 aliphatic carbocycles. The maximum Gasteiger partial charge on any atom is 0.274 e. The molecule has 1 aromatic heterocycles. The molecule has 32 heavy (non-hydrogen) atoms. The van der Waals surface area contributed by atoms with Gasteiger partial charge in [0, 0.05) is 48.9 Å². The van der Waals surface area contributed by atoms with E-state index in [1.807, 2.05) is 17.0 Å². The maximum absolute atomic E-state index is 13.5. The van der Waals surface area contributed by atoms with Crippen LogP contribution in [-0.2, 0) is 10.5 Å². The molecule has 4 heterocycles. The zero-order valence-electron chi connectivity index (χ0n) is 18.4. The Hall–Kier alpha value is -1.74. The summed E-state index contributed by atoms with van der Waals surface area (Å²) in [7, 11) is 1.71. The Bertz CT molecular complexity index is 990. The van der Waals surface area contributed by atoms with E-state index in [-0.39, 0.29) is 11.9 Å². The van der Waals surface area contributed by atoms with Crippen LogP contribution in [0.4, 0.5) is 0 Å². The van der Waals surface area contributed by atoms with E-state index >= 15 is 0 Å². The van der Waals surface area contributed by atoms with Crippen molar-refractivity contribution in [2.24, 2.45) is 0 Å². The molecule has 0 saturated carbocycles. The van der Waals surface area contributed by atoms with Gasteiger partial charge in [0.25, 0.3) is 5.91 Å². The molecule has 9 heteroatoms. The fourth-order valence-corrected chi connectivity index (χ4v) is 6.37. The van der Waals surface area contributed by atoms with E-state index < -0.39 is 0 Å². The number of amides is 1. The van der Waals surface area contributed by atoms with Gasteiger partial charge in [-0.3, -0.25) is 9.48 Å². The van der Waals surface area contributed by atoms with E-state index in [0.29, 0.717) is 43.6 Å². The summed E-state index contributed by atoms with van der Waals surface area (Å²) in [6.45, 7) is 5.24. The normalized spacial score (nSPS) is 21.2. The molecule has 3 aliphatic heterocycles. The molecule has 5 rings (SSSR count). The zero-order chi connectivity index (χ0) is 22.1. The standard InChI is InChI=1S/C23H29ClN4O3S/c1-30-19-6-2-5-17-21-18(15-32-22(17)19)20(23(29)27-10-12-31-13-11-27)25-28(21)16-4-3-8-26(14-16)9-7-24/h2,5-6,16H,3-4,7-15H2,1H3. The average Bonchev–Trinajstić information content (AvgIpc) is 3.24. The minimum Gasteiger partial charge on any atom is -0.496 e. The highest BCUT2D eigenvalue weighted by Crippen LogP contribution is 2.48. The van der Waals surface area contributed by atoms with Crippen LogP contribution >= 0.6 is 23.4 Å². The van der Waals surface area contributed by atoms with Crippen molar-refractivity contribution in [3.63, 3.8) is 0 Å². The molecule has 2 fully saturated rings. The van der Waals surface area contributed by atoms with Crippen molar-refractivity contribution in [2.75, 3.05) is 58.9 Å². The third-order valence-corrected chi connectivity index (χ3v) is 7.86. The highest BCUT2D eigenvalue weighted by atomic mass is 35.5. The van der Waals surface area contributed by atoms with Crippen molar-refractivity contribution in [1.29, 1.82) is 0 Å². The number of benzene rings is 1. The molecular formula is C23H29ClN4O3S. The lowest BCUT2D eigenvalue weighted by molar-refractivity contribution is 0.0297. The summed E-state index contributed by atoms with van der Waals surface area (Å²) >= 11 is 7.76. The summed E-state index contributed by atoms with van der Waals surface area (Å²) in [5.74, 6) is 2.23. The van der Waals surface area contributed by atoms with Crippen molar-refractivity contribution < 1.29 is 14.3 Å². The van der Waals surface area contributed by atoms with Crippen LogP contribution in [-0.4, -0.2) is 84.4 Å². The minimum atomic E-state index is 0.0173. The average molecular weight is 477 g/mol. The number of aromatic nitrogens is 2. The fraction of sp³-hybridized carbons (Fsp3) is 0.565. The Kier molecular flexibility index (Phi) is 6.64. The van der Waals surface area contributed by atoms with Gasteiger partial charge in [0.15, 0.2) is 5.69 Å². The predicted molar refractivity (Wildman–Crippen MR) is 126 cm³/mol. The molecular weight excluding hydrogens is 448 g/mol. The summed E-state index contributed by atoms with van der Waals surface area (Å²) in [4.78, 5) is 18.9. The van der Waals surface area contributed by atoms with Crippen LogP contribution in [0.3, 0.4) is 0 Å². The number of piperidine rings is 1. The molecule has 2 saturated heterocycles. The van der Waals surface area contributed by atoms with Crippen LogP contribution in [0.25, 0.3) is 11.3 Å². The number of likely N-dealkylation sites (tertiary alicyclic amines) is 1. The monoisotopic (exact) mass is 476 g/mol. The fourth-order valence-electron chi connectivity index (χ4n) is 4.95. The highest BCUT2D eigenvalue weighted by Gasteiger charge is 2.35. The molecule has 0 radical (unpaired) electrons. The van der Waals surface area contributed by atoms with E-state index in [9.17, 15) is 4.79 Å². The highest BCUT2D eigenvalue weighted by molar-refractivity contribution is 7.98. The smallest absolute Gasteiger partial charge is 0.274 e. The topological polar surface area (TPSA) is 59.8 Å². The molecule has 0 N–H and O–H groups in total. The van der Waals surface area contributed by atoms with Gasteiger partial charge in [-0.05, 0) is 25.5 Å². The number of nitrogens with zero attached hydrogens (tertiary/aromatic N) is 4. The number of ether oxygens (including phenoxy) is 2. The quantitative estimate of drug-likeness (QED) is 0.615. The molecule has 2 aromatic rings. The molecule has 1 unspecified atom stereocenters. The number of methoxy groups -OCH3 is 1. The number of morpholine rings is 1. The Morgan fingerprint density at radius 1 is 1.31 bits per heavy atom. The van der Waals surface area contributed by atoms with Gasteiger partial charge in [-0.2, -0.15) is 5.10 Å². The lowest BCUT2D eigenvalue weighted by Gasteiger charge is -2.33. The largest absolute Gasteiger partial charge is 0.496 e. The van der Waals surface area contributed by atoms with Gasteiger partial charge < -0.3 is 19.3 Å². The lowest BCUT2D eigenvalue weighted by Crippen LogP contribution is -2.41. The van der Waals surface area contributed by atoms with Gasteiger partial charge >= 0.3 is 0 Å². The number of thioether (sulfide) groups is 1. The third kappa shape index (κ3) is 4.02. The van der Waals surface area contributed by atoms with Crippen LogP contribution in [0, 0.1) is 0 Å². The Labute approximate surface area is 198 Å². The van der Waals surface area contributed by atoms with Crippen molar-refractivity contribution in [3.05, 3.63) is 29.5 Å². The number of fused-ring (bicyclic) bond motifs is 3. The van der Waals surface area contributed by atoms with Gasteiger partial charge in [-0.25, -0.2) is 0 Å². The summed E-state index contributed by atoms with van der Waals surface area (Å²) in [6.07, 6.45) is 2.15. The SMILES string of the molecule is COc1cccc2c1SCc1c(C(=O)N3CCOCC3)nn(C3CCCN(CCCl)C3)c1-2. The molecule has 1 atom stereocenters. The Morgan fingerprint density at radius 2 is 2.16 bits per heavy atom. The third-order valence-electron chi connectivity index (χ3n) is 6.55. The van der Waals surface area contributed by atoms with Gasteiger partial charge in [0.05, 0.1) is 37.0 Å². The second-order valence-corrected chi connectivity index (χ2v) is 9.80. The van der Waals surface area contributed by atoms with E-state index in [2.05, 4.69) is 15.6 Å². The van der Waals surface area contributed by atoms with Crippen LogP contribution in [0.1, 0.15) is 34.9 Å².